The number of carbonyl (C=O) groups excluding carboxylic acids is 1. The number of nitrogens with zero attached hydrogens (tertiary/aromatic N) is 2. The van der Waals surface area contributed by atoms with Crippen LogP contribution in [-0.2, 0) is 20.9 Å². The van der Waals surface area contributed by atoms with Gasteiger partial charge in [-0.3, -0.25) is 9.59 Å². The van der Waals surface area contributed by atoms with Gasteiger partial charge in [0.15, 0.2) is 5.84 Å². The number of hydrogen-bond acceptors (Lipinski definition) is 7. The first-order valence-corrected chi connectivity index (χ1v) is 12.7. The third kappa shape index (κ3) is 6.40. The molecule has 37 heavy (non-hydrogen) atoms. The molecule has 2 heterocycles. The number of carbonyl (C=O) groups is 2. The Morgan fingerprint density at radius 1 is 1.27 bits per heavy atom. The van der Waals surface area contributed by atoms with E-state index in [2.05, 4.69) is 73.0 Å². The first kappa shape index (κ1) is 26.5. The lowest BCUT2D eigenvalue weighted by atomic mass is 9.91. The van der Waals surface area contributed by atoms with E-state index in [0.717, 1.165) is 46.6 Å². The minimum absolute atomic E-state index is 0.115. The summed E-state index contributed by atoms with van der Waals surface area (Å²) >= 11 is 0. The largest absolute Gasteiger partial charge is 0.483 e. The van der Waals surface area contributed by atoms with Crippen molar-refractivity contribution in [1.29, 1.82) is 0 Å². The van der Waals surface area contributed by atoms with Crippen LogP contribution < -0.4 is 20.4 Å². The second kappa shape index (κ2) is 10.8. The molecule has 5 rings (SSSR count). The number of ether oxygens (including phenoxy) is 2. The zero-order chi connectivity index (χ0) is 26.7. The monoisotopic (exact) mass is 508 g/mol. The molecule has 1 amide bonds. The average molecular weight is 509 g/mol. The maximum absolute atomic E-state index is 12.3. The van der Waals surface area contributed by atoms with Gasteiger partial charge >= 0.3 is 0 Å². The Labute approximate surface area is 217 Å². The molecule has 0 spiro atoms. The number of carboxylic acids is 1. The number of fused-ring (bicyclic) bond motifs is 3. The fraction of sp³-hybridized carbons (Fsp3) is 0.464. The maximum Gasteiger partial charge on any atom is 0.300 e. The number of hydrazone groups is 1. The molecule has 2 aromatic carbocycles. The van der Waals surface area contributed by atoms with Gasteiger partial charge in [0, 0.05) is 24.2 Å². The lowest BCUT2D eigenvalue weighted by Crippen LogP contribution is -2.55. The van der Waals surface area contributed by atoms with E-state index in [1.165, 1.54) is 19.3 Å². The highest BCUT2D eigenvalue weighted by Gasteiger charge is 2.36. The Morgan fingerprint density at radius 3 is 2.65 bits per heavy atom. The van der Waals surface area contributed by atoms with Crippen LogP contribution in [0.1, 0.15) is 59.4 Å². The zero-order valence-electron chi connectivity index (χ0n) is 22.1. The van der Waals surface area contributed by atoms with Crippen molar-refractivity contribution in [3.63, 3.8) is 0 Å². The molecular weight excluding hydrogens is 472 g/mol. The summed E-state index contributed by atoms with van der Waals surface area (Å²) < 4.78 is 12.1. The molecule has 9 nitrogen and oxygen atoms in total. The van der Waals surface area contributed by atoms with Crippen LogP contribution in [-0.4, -0.2) is 47.1 Å². The smallest absolute Gasteiger partial charge is 0.300 e. The lowest BCUT2D eigenvalue weighted by molar-refractivity contribution is -0.134. The first-order valence-electron chi connectivity index (χ1n) is 12.7. The number of amides is 1. The van der Waals surface area contributed by atoms with Crippen molar-refractivity contribution >= 4 is 29.1 Å². The highest BCUT2D eigenvalue weighted by molar-refractivity contribution is 6.10. The van der Waals surface area contributed by atoms with E-state index in [4.69, 9.17) is 19.4 Å². The van der Waals surface area contributed by atoms with Gasteiger partial charge in [-0.05, 0) is 76.3 Å². The number of rotatable bonds is 5. The van der Waals surface area contributed by atoms with E-state index in [0.29, 0.717) is 19.3 Å². The molecule has 2 aliphatic heterocycles. The second-order valence-electron chi connectivity index (χ2n) is 10.6. The number of nitrogens with one attached hydrogen (secondary N) is 2. The molecule has 2 aromatic rings. The van der Waals surface area contributed by atoms with Gasteiger partial charge in [0.25, 0.3) is 11.9 Å². The van der Waals surface area contributed by atoms with E-state index in [9.17, 15) is 4.79 Å². The SMILES string of the molecule is CC(=O)O.CC1C(=O)NN=C2COc3cc(-c4cccc(COC(C)(C)C)c4)c(NC4CCC4)cc3N21. The van der Waals surface area contributed by atoms with Crippen LogP contribution in [0.15, 0.2) is 41.5 Å². The van der Waals surface area contributed by atoms with Gasteiger partial charge in [-0.1, -0.05) is 18.2 Å². The summed E-state index contributed by atoms with van der Waals surface area (Å²) in [5.74, 6) is 0.537. The molecule has 3 N–H and O–H groups in total. The predicted molar refractivity (Wildman–Crippen MR) is 144 cm³/mol. The lowest BCUT2D eigenvalue weighted by Gasteiger charge is -2.39. The van der Waals surface area contributed by atoms with Crippen LogP contribution in [0, 0.1) is 0 Å². The van der Waals surface area contributed by atoms with Crippen LogP contribution in [0.2, 0.25) is 0 Å². The summed E-state index contributed by atoms with van der Waals surface area (Å²) in [6.45, 7) is 10.1. The normalized spacial score (nSPS) is 18.6. The molecule has 3 aliphatic rings. The quantitative estimate of drug-likeness (QED) is 0.534. The summed E-state index contributed by atoms with van der Waals surface area (Å²) in [7, 11) is 0. The molecule has 1 atom stereocenters. The summed E-state index contributed by atoms with van der Waals surface area (Å²) in [6, 6.07) is 12.8. The van der Waals surface area contributed by atoms with Gasteiger partial charge in [-0.15, -0.1) is 0 Å². The number of anilines is 2. The van der Waals surface area contributed by atoms with Crippen LogP contribution in [0.5, 0.6) is 5.75 Å². The molecule has 198 valence electrons. The number of carboxylic acid groups (broad SMARTS) is 1. The first-order chi connectivity index (χ1) is 17.5. The molecule has 1 aliphatic carbocycles. The topological polar surface area (TPSA) is 112 Å². The standard InChI is InChI=1S/C26H32N4O3.C2H4O2/c1-16-25(31)29-28-24-15-32-23-12-20(18-8-5-7-17(11-18)14-33-26(2,3)4)21(13-22(23)30(16)24)27-19-9-6-10-19;1-2(3)4/h5,7-8,11-13,16,19,27H,6,9-10,14-15H2,1-4H3,(H,29,31);1H3,(H,3,4). The van der Waals surface area contributed by atoms with Crippen molar-refractivity contribution in [1.82, 2.24) is 5.43 Å². The Kier molecular flexibility index (Phi) is 7.73. The number of benzene rings is 2. The van der Waals surface area contributed by atoms with E-state index < -0.39 is 5.97 Å². The number of amidine groups is 1. The molecule has 9 heteroatoms. The second-order valence-corrected chi connectivity index (χ2v) is 10.6. The third-order valence-corrected chi connectivity index (χ3v) is 6.43. The van der Waals surface area contributed by atoms with Crippen molar-refractivity contribution in [2.45, 2.75) is 78.2 Å². The van der Waals surface area contributed by atoms with Crippen LogP contribution in [0.4, 0.5) is 11.4 Å². The Hall–Kier alpha value is -3.59. The summed E-state index contributed by atoms with van der Waals surface area (Å²) in [4.78, 5) is 23.3. The maximum atomic E-state index is 12.3. The van der Waals surface area contributed by atoms with Gasteiger partial charge < -0.3 is 24.8 Å². The van der Waals surface area contributed by atoms with Gasteiger partial charge in [0.2, 0.25) is 0 Å². The molecular formula is C28H36N4O5. The number of aliphatic carboxylic acids is 1. The van der Waals surface area contributed by atoms with E-state index >= 15 is 0 Å². The Bertz CT molecular complexity index is 1200. The molecule has 0 saturated heterocycles. The molecule has 1 unspecified atom stereocenters. The fourth-order valence-electron chi connectivity index (χ4n) is 4.33. The number of hydrogen-bond donors (Lipinski definition) is 3. The van der Waals surface area contributed by atoms with E-state index in [1.54, 1.807) is 0 Å². The van der Waals surface area contributed by atoms with E-state index in [1.807, 2.05) is 11.8 Å². The van der Waals surface area contributed by atoms with Crippen molar-refractivity contribution in [3.8, 4) is 16.9 Å². The van der Waals surface area contributed by atoms with Crippen molar-refractivity contribution in [2.24, 2.45) is 5.10 Å². The highest BCUT2D eigenvalue weighted by Crippen LogP contribution is 2.43. The van der Waals surface area contributed by atoms with Gasteiger partial charge in [-0.25, -0.2) is 5.43 Å². The molecule has 0 bridgehead atoms. The minimum Gasteiger partial charge on any atom is -0.483 e. The third-order valence-electron chi connectivity index (χ3n) is 6.43. The minimum atomic E-state index is -0.833. The van der Waals surface area contributed by atoms with Crippen LogP contribution >= 0.6 is 0 Å². The molecule has 0 radical (unpaired) electrons. The van der Waals surface area contributed by atoms with Crippen molar-refractivity contribution in [3.05, 3.63) is 42.0 Å². The van der Waals surface area contributed by atoms with Gasteiger partial charge in [0.05, 0.1) is 17.9 Å². The summed E-state index contributed by atoms with van der Waals surface area (Å²) in [5.41, 5.74) is 7.66. The Morgan fingerprint density at radius 2 is 2.00 bits per heavy atom. The highest BCUT2D eigenvalue weighted by atomic mass is 16.5. The van der Waals surface area contributed by atoms with Gasteiger partial charge in [0.1, 0.15) is 18.4 Å². The van der Waals surface area contributed by atoms with Gasteiger partial charge in [-0.2, -0.15) is 5.10 Å². The van der Waals surface area contributed by atoms with E-state index in [-0.39, 0.29) is 17.6 Å². The molecule has 1 fully saturated rings. The van der Waals surface area contributed by atoms with Crippen LogP contribution in [0.3, 0.4) is 0 Å². The Balaban J connectivity index is 0.000000747. The zero-order valence-corrected chi connectivity index (χ0v) is 22.1. The fourth-order valence-corrected chi connectivity index (χ4v) is 4.33. The summed E-state index contributed by atoms with van der Waals surface area (Å²) in [5, 5.41) is 15.4. The average Bonchev–Trinajstić information content (AvgIpc) is 2.81. The van der Waals surface area contributed by atoms with Crippen molar-refractivity contribution < 1.29 is 24.2 Å². The molecule has 0 aromatic heterocycles. The predicted octanol–water partition coefficient (Wildman–Crippen LogP) is 4.75. The van der Waals surface area contributed by atoms with Crippen LogP contribution in [0.25, 0.3) is 11.1 Å². The summed E-state index contributed by atoms with van der Waals surface area (Å²) in [6.07, 6.45) is 3.59. The molecule has 1 saturated carbocycles. The van der Waals surface area contributed by atoms with Crippen molar-refractivity contribution in [2.75, 3.05) is 16.8 Å².